The maximum absolute atomic E-state index is 13.1. The highest BCUT2D eigenvalue weighted by Crippen LogP contribution is 2.12. The van der Waals surface area contributed by atoms with Gasteiger partial charge in [0.2, 0.25) is 23.6 Å². The topological polar surface area (TPSA) is 243 Å². The van der Waals surface area contributed by atoms with Gasteiger partial charge in [0.25, 0.3) is 0 Å². The lowest BCUT2D eigenvalue weighted by molar-refractivity contribution is -0.142. The molecule has 0 saturated heterocycles. The average Bonchev–Trinajstić information content (AvgIpc) is 3.36. The molecule has 0 radical (unpaired) electrons. The van der Waals surface area contributed by atoms with Crippen LogP contribution in [0.3, 0.4) is 0 Å². The zero-order chi connectivity index (χ0) is 29.1. The Kier molecular flexibility index (Phi) is 11.4. The van der Waals surface area contributed by atoms with Crippen LogP contribution >= 0.6 is 0 Å². The third-order valence-electron chi connectivity index (χ3n) is 5.70. The second kappa shape index (κ2) is 14.5. The Hall–Kier alpha value is -4.46. The number of carboxylic acid groups (broad SMARTS) is 1. The van der Waals surface area contributed by atoms with E-state index in [0.29, 0.717) is 11.3 Å². The minimum Gasteiger partial charge on any atom is -0.508 e. The molecule has 39 heavy (non-hydrogen) atoms. The first-order valence-electron chi connectivity index (χ1n) is 12.3. The van der Waals surface area contributed by atoms with Crippen molar-refractivity contribution >= 4 is 29.6 Å². The van der Waals surface area contributed by atoms with E-state index in [1.165, 1.54) is 24.7 Å². The van der Waals surface area contributed by atoms with E-state index < -0.39 is 60.2 Å². The number of carbonyl (C=O) groups is 5. The minimum absolute atomic E-state index is 0.0522. The number of nitrogens with one attached hydrogen (secondary N) is 4. The van der Waals surface area contributed by atoms with Crippen LogP contribution in [0.4, 0.5) is 0 Å². The van der Waals surface area contributed by atoms with Gasteiger partial charge in [0.15, 0.2) is 0 Å². The summed E-state index contributed by atoms with van der Waals surface area (Å²) in [6, 6.07) is 1.17. The number of aromatic nitrogens is 2. The lowest BCUT2D eigenvalue weighted by Crippen LogP contribution is -2.58. The number of phenols is 1. The van der Waals surface area contributed by atoms with Gasteiger partial charge in [-0.25, -0.2) is 9.78 Å². The number of phenolic OH excluding ortho intramolecular Hbond substituents is 1. The number of hydrogen-bond donors (Lipinski definition) is 8. The predicted octanol–water partition coefficient (Wildman–Crippen LogP) is -1.31. The number of amides is 4. The Morgan fingerprint density at radius 3 is 2.05 bits per heavy atom. The van der Waals surface area contributed by atoms with E-state index >= 15 is 0 Å². The molecule has 212 valence electrons. The van der Waals surface area contributed by atoms with Crippen molar-refractivity contribution in [1.29, 1.82) is 0 Å². The molecule has 4 unspecified atom stereocenters. The van der Waals surface area contributed by atoms with Crippen molar-refractivity contribution < 1.29 is 34.2 Å². The van der Waals surface area contributed by atoms with Gasteiger partial charge in [0.1, 0.15) is 23.9 Å². The second-order valence-electron chi connectivity index (χ2n) is 9.58. The number of aliphatic carboxylic acids is 1. The molecule has 4 amide bonds. The predicted molar refractivity (Wildman–Crippen MR) is 139 cm³/mol. The number of benzene rings is 1. The van der Waals surface area contributed by atoms with Crippen LogP contribution in [0.25, 0.3) is 0 Å². The Morgan fingerprint density at radius 1 is 0.923 bits per heavy atom. The Bertz CT molecular complexity index is 1140. The number of primary amides is 1. The van der Waals surface area contributed by atoms with Crippen molar-refractivity contribution in [2.75, 3.05) is 0 Å². The first-order valence-corrected chi connectivity index (χ1v) is 12.3. The van der Waals surface area contributed by atoms with E-state index in [4.69, 9.17) is 11.5 Å². The third-order valence-corrected chi connectivity index (χ3v) is 5.70. The van der Waals surface area contributed by atoms with E-state index in [2.05, 4.69) is 25.9 Å². The summed E-state index contributed by atoms with van der Waals surface area (Å²) < 4.78 is 0. The zero-order valence-electron chi connectivity index (χ0n) is 21.7. The Labute approximate surface area is 224 Å². The number of hydrogen-bond acceptors (Lipinski definition) is 8. The number of carboxylic acids is 1. The van der Waals surface area contributed by atoms with Gasteiger partial charge in [-0.05, 0) is 36.5 Å². The molecular formula is C25H35N7O7. The van der Waals surface area contributed by atoms with Gasteiger partial charge in [-0.2, -0.15) is 0 Å². The van der Waals surface area contributed by atoms with Gasteiger partial charge in [-0.15, -0.1) is 0 Å². The van der Waals surface area contributed by atoms with Crippen molar-refractivity contribution in [2.24, 2.45) is 17.4 Å². The normalized spacial score (nSPS) is 14.1. The number of aromatic hydroxyl groups is 1. The van der Waals surface area contributed by atoms with E-state index in [1.807, 2.05) is 13.8 Å². The van der Waals surface area contributed by atoms with Crippen molar-refractivity contribution in [3.63, 3.8) is 0 Å². The molecule has 0 aliphatic carbocycles. The number of nitrogens with two attached hydrogens (primary N) is 2. The molecule has 0 bridgehead atoms. The van der Waals surface area contributed by atoms with E-state index in [-0.39, 0.29) is 30.9 Å². The van der Waals surface area contributed by atoms with Crippen LogP contribution in [0.15, 0.2) is 36.8 Å². The molecule has 1 aromatic carbocycles. The van der Waals surface area contributed by atoms with Crippen LogP contribution in [0.1, 0.15) is 37.9 Å². The molecule has 0 spiro atoms. The van der Waals surface area contributed by atoms with Crippen LogP contribution in [0.2, 0.25) is 0 Å². The highest BCUT2D eigenvalue weighted by Gasteiger charge is 2.31. The Balaban J connectivity index is 2.11. The minimum atomic E-state index is -1.49. The molecular weight excluding hydrogens is 510 g/mol. The quantitative estimate of drug-likeness (QED) is 0.132. The van der Waals surface area contributed by atoms with Gasteiger partial charge in [-0.1, -0.05) is 26.0 Å². The molecule has 2 rings (SSSR count). The van der Waals surface area contributed by atoms with E-state index in [9.17, 15) is 34.2 Å². The fraction of sp³-hybridized carbons (Fsp3) is 0.440. The molecule has 1 aromatic heterocycles. The van der Waals surface area contributed by atoms with Gasteiger partial charge >= 0.3 is 5.97 Å². The van der Waals surface area contributed by atoms with Gasteiger partial charge < -0.3 is 42.6 Å². The van der Waals surface area contributed by atoms with Crippen molar-refractivity contribution in [3.8, 4) is 5.75 Å². The molecule has 1 heterocycles. The summed E-state index contributed by atoms with van der Waals surface area (Å²) in [4.78, 5) is 68.7. The number of imidazole rings is 1. The average molecular weight is 546 g/mol. The first-order chi connectivity index (χ1) is 18.3. The molecule has 0 aliphatic heterocycles. The van der Waals surface area contributed by atoms with Gasteiger partial charge in [-0.3, -0.25) is 19.2 Å². The maximum Gasteiger partial charge on any atom is 0.326 e. The first kappa shape index (κ1) is 30.8. The third kappa shape index (κ3) is 10.4. The second-order valence-corrected chi connectivity index (χ2v) is 9.58. The SMILES string of the molecule is CC(C)CC(NC(=O)C(N)Cc1ccc(O)cc1)C(=O)NC(CC(N)=O)C(=O)NC(Cc1cnc[nH]1)C(=O)O. The summed E-state index contributed by atoms with van der Waals surface area (Å²) >= 11 is 0. The molecule has 0 aliphatic rings. The van der Waals surface area contributed by atoms with Crippen molar-refractivity contribution in [2.45, 2.75) is 63.7 Å². The number of aromatic amines is 1. The Morgan fingerprint density at radius 2 is 1.51 bits per heavy atom. The summed E-state index contributed by atoms with van der Waals surface area (Å²) in [6.45, 7) is 3.65. The lowest BCUT2D eigenvalue weighted by Gasteiger charge is -2.25. The summed E-state index contributed by atoms with van der Waals surface area (Å²) in [5.74, 6) is -4.56. The molecule has 4 atom stereocenters. The van der Waals surface area contributed by atoms with Gasteiger partial charge in [0.05, 0.1) is 18.8 Å². The number of carbonyl (C=O) groups excluding carboxylic acids is 4. The van der Waals surface area contributed by atoms with E-state index in [1.54, 1.807) is 12.1 Å². The fourth-order valence-corrected chi connectivity index (χ4v) is 3.73. The molecule has 0 saturated carbocycles. The van der Waals surface area contributed by atoms with Crippen molar-refractivity contribution in [3.05, 3.63) is 48.0 Å². The standard InChI is InChI=1S/C25H35N7O7/c1-13(2)7-18(30-22(35)17(26)8-14-3-5-16(33)6-4-14)23(36)31-19(10-21(27)34)24(37)32-20(25(38)39)9-15-11-28-12-29-15/h3-6,11-13,17-20,33H,7-10,26H2,1-2H3,(H2,27,34)(H,28,29)(H,30,35)(H,31,36)(H,32,37)(H,38,39). The molecule has 14 nitrogen and oxygen atoms in total. The zero-order valence-corrected chi connectivity index (χ0v) is 21.7. The summed E-state index contributed by atoms with van der Waals surface area (Å²) in [5, 5.41) is 26.2. The lowest BCUT2D eigenvalue weighted by atomic mass is 10.0. The molecule has 2 aromatic rings. The highest BCUT2D eigenvalue weighted by molar-refractivity contribution is 5.96. The summed E-state index contributed by atoms with van der Waals surface area (Å²) in [5.41, 5.74) is 12.4. The maximum atomic E-state index is 13.1. The van der Waals surface area contributed by atoms with Crippen LogP contribution < -0.4 is 27.4 Å². The fourth-order valence-electron chi connectivity index (χ4n) is 3.73. The summed E-state index contributed by atoms with van der Waals surface area (Å²) in [6.07, 6.45) is 2.36. The number of nitrogens with zero attached hydrogens (tertiary/aromatic N) is 1. The molecule has 10 N–H and O–H groups in total. The van der Waals surface area contributed by atoms with Crippen LogP contribution in [-0.4, -0.2) is 73.9 Å². The van der Waals surface area contributed by atoms with Crippen LogP contribution in [0, 0.1) is 5.92 Å². The molecule has 0 fully saturated rings. The van der Waals surface area contributed by atoms with Crippen molar-refractivity contribution in [1.82, 2.24) is 25.9 Å². The van der Waals surface area contributed by atoms with Crippen LogP contribution in [0.5, 0.6) is 5.75 Å². The smallest absolute Gasteiger partial charge is 0.326 e. The largest absolute Gasteiger partial charge is 0.508 e. The van der Waals surface area contributed by atoms with Gasteiger partial charge in [0, 0.05) is 18.3 Å². The monoisotopic (exact) mass is 545 g/mol. The number of H-pyrrole nitrogens is 1. The number of rotatable bonds is 15. The van der Waals surface area contributed by atoms with E-state index in [0.717, 1.165) is 0 Å². The van der Waals surface area contributed by atoms with Crippen LogP contribution in [-0.2, 0) is 36.8 Å². The molecule has 14 heteroatoms. The summed E-state index contributed by atoms with van der Waals surface area (Å²) in [7, 11) is 0. The highest BCUT2D eigenvalue weighted by atomic mass is 16.4.